The zero-order chi connectivity index (χ0) is 28.1. The van der Waals surface area contributed by atoms with E-state index in [0.717, 1.165) is 27.7 Å². The highest BCUT2D eigenvalue weighted by atomic mass is 35.5. The van der Waals surface area contributed by atoms with Crippen LogP contribution in [0.25, 0.3) is 10.9 Å². The van der Waals surface area contributed by atoms with Crippen LogP contribution in [0.3, 0.4) is 0 Å². The van der Waals surface area contributed by atoms with Crippen molar-refractivity contribution in [2.45, 2.75) is 33.4 Å². The molecule has 9 heteroatoms. The Bertz CT molecular complexity index is 1620. The summed E-state index contributed by atoms with van der Waals surface area (Å²) in [4.78, 5) is 25.8. The predicted molar refractivity (Wildman–Crippen MR) is 155 cm³/mol. The number of nitrogens with zero attached hydrogens (tertiary/aromatic N) is 3. The van der Waals surface area contributed by atoms with Crippen LogP contribution in [0.4, 0.5) is 0 Å². The van der Waals surface area contributed by atoms with Gasteiger partial charge < -0.3 is 9.88 Å². The van der Waals surface area contributed by atoms with Crippen molar-refractivity contribution in [1.29, 1.82) is 5.26 Å². The van der Waals surface area contributed by atoms with Crippen LogP contribution in [0.5, 0.6) is 0 Å². The number of carbonyl (C=O) groups excluding carboxylic acids is 2. The number of aromatic nitrogens is 1. The third-order valence-corrected chi connectivity index (χ3v) is 7.27. The van der Waals surface area contributed by atoms with Crippen LogP contribution in [0.1, 0.15) is 46.6 Å². The van der Waals surface area contributed by atoms with Gasteiger partial charge in [-0.15, -0.1) is 0 Å². The Morgan fingerprint density at radius 2 is 1.77 bits per heavy atom. The molecule has 4 rings (SSSR count). The average molecular weight is 560 g/mol. The minimum Gasteiger partial charge on any atom is -0.340 e. The molecule has 1 unspecified atom stereocenters. The maximum atomic E-state index is 13.0. The van der Waals surface area contributed by atoms with Crippen LogP contribution in [0.15, 0.2) is 71.8 Å². The Kier molecular flexibility index (Phi) is 8.70. The molecule has 0 spiro atoms. The summed E-state index contributed by atoms with van der Waals surface area (Å²) in [6, 6.07) is 21.4. The third kappa shape index (κ3) is 6.14. The SMILES string of the molecule is Cc1c(C=NNC(=O)C(NC(=O)c2ccc(Cl)c(Cl)c2)C(C)C)c2ccccc2n1Cc1ccccc1C#N. The largest absolute Gasteiger partial charge is 0.340 e. The fraction of sp³-hybridized carbons (Fsp3) is 0.200. The molecule has 0 radical (unpaired) electrons. The first-order valence-corrected chi connectivity index (χ1v) is 13.1. The van der Waals surface area contributed by atoms with E-state index in [1.807, 2.05) is 63.2 Å². The third-order valence-electron chi connectivity index (χ3n) is 6.53. The number of rotatable bonds is 8. The molecule has 0 aliphatic carbocycles. The molecular formula is C30H27Cl2N5O2. The van der Waals surface area contributed by atoms with Gasteiger partial charge >= 0.3 is 0 Å². The normalized spacial score (nSPS) is 12.0. The van der Waals surface area contributed by atoms with E-state index in [1.54, 1.807) is 18.3 Å². The molecular weight excluding hydrogens is 533 g/mol. The molecule has 198 valence electrons. The first kappa shape index (κ1) is 27.9. The van der Waals surface area contributed by atoms with Gasteiger partial charge in [0, 0.05) is 34.3 Å². The Morgan fingerprint density at radius 3 is 2.49 bits per heavy atom. The van der Waals surface area contributed by atoms with E-state index >= 15 is 0 Å². The fourth-order valence-electron chi connectivity index (χ4n) is 4.39. The van der Waals surface area contributed by atoms with Crippen LogP contribution in [0.2, 0.25) is 10.0 Å². The summed E-state index contributed by atoms with van der Waals surface area (Å²) in [5.74, 6) is -1.09. The van der Waals surface area contributed by atoms with Crippen molar-refractivity contribution in [3.05, 3.63) is 105 Å². The molecule has 0 fully saturated rings. The van der Waals surface area contributed by atoms with Gasteiger partial charge in [-0.2, -0.15) is 10.4 Å². The van der Waals surface area contributed by atoms with Crippen molar-refractivity contribution in [2.24, 2.45) is 11.0 Å². The van der Waals surface area contributed by atoms with Gasteiger partial charge in [0.25, 0.3) is 11.8 Å². The smallest absolute Gasteiger partial charge is 0.262 e. The second-order valence-corrected chi connectivity index (χ2v) is 10.2. The lowest BCUT2D eigenvalue weighted by atomic mass is 10.0. The summed E-state index contributed by atoms with van der Waals surface area (Å²) in [5.41, 5.74) is 7.19. The number of carbonyl (C=O) groups is 2. The molecule has 1 atom stereocenters. The molecule has 1 aromatic heterocycles. The van der Waals surface area contributed by atoms with Crippen molar-refractivity contribution >= 4 is 52.1 Å². The first-order chi connectivity index (χ1) is 18.7. The molecule has 0 aliphatic rings. The van der Waals surface area contributed by atoms with Crippen LogP contribution in [0, 0.1) is 24.2 Å². The van der Waals surface area contributed by atoms with Crippen molar-refractivity contribution < 1.29 is 9.59 Å². The molecule has 3 aromatic carbocycles. The fourth-order valence-corrected chi connectivity index (χ4v) is 4.69. The topological polar surface area (TPSA) is 99.3 Å². The molecule has 7 nitrogen and oxygen atoms in total. The molecule has 4 aromatic rings. The van der Waals surface area contributed by atoms with E-state index in [4.69, 9.17) is 23.2 Å². The highest BCUT2D eigenvalue weighted by Crippen LogP contribution is 2.26. The van der Waals surface area contributed by atoms with Crippen LogP contribution < -0.4 is 10.7 Å². The van der Waals surface area contributed by atoms with Gasteiger partial charge in [-0.25, -0.2) is 5.43 Å². The minimum atomic E-state index is -0.825. The second kappa shape index (κ2) is 12.2. The molecule has 0 saturated heterocycles. The number of hydrogen-bond acceptors (Lipinski definition) is 4. The van der Waals surface area contributed by atoms with E-state index in [0.29, 0.717) is 22.7 Å². The number of nitriles is 1. The lowest BCUT2D eigenvalue weighted by Crippen LogP contribution is -2.48. The molecule has 0 bridgehead atoms. The number of nitrogens with one attached hydrogen (secondary N) is 2. The highest BCUT2D eigenvalue weighted by molar-refractivity contribution is 6.42. The monoisotopic (exact) mass is 559 g/mol. The molecule has 39 heavy (non-hydrogen) atoms. The van der Waals surface area contributed by atoms with Gasteiger partial charge in [-0.05, 0) is 48.7 Å². The summed E-state index contributed by atoms with van der Waals surface area (Å²) in [6.45, 7) is 6.17. The Balaban J connectivity index is 1.55. The molecule has 2 amide bonds. The van der Waals surface area contributed by atoms with Crippen molar-refractivity contribution in [3.8, 4) is 6.07 Å². The lowest BCUT2D eigenvalue weighted by Gasteiger charge is -2.20. The quantitative estimate of drug-likeness (QED) is 0.202. The van der Waals surface area contributed by atoms with E-state index in [1.165, 1.54) is 12.1 Å². The van der Waals surface area contributed by atoms with E-state index < -0.39 is 17.9 Å². The summed E-state index contributed by atoms with van der Waals surface area (Å²) in [6.07, 6.45) is 1.61. The van der Waals surface area contributed by atoms with Crippen molar-refractivity contribution in [3.63, 3.8) is 0 Å². The maximum absolute atomic E-state index is 13.0. The number of benzene rings is 3. The predicted octanol–water partition coefficient (Wildman–Crippen LogP) is 6.08. The van der Waals surface area contributed by atoms with E-state index in [2.05, 4.69) is 26.5 Å². The number of amides is 2. The van der Waals surface area contributed by atoms with Gasteiger partial charge in [0.15, 0.2) is 0 Å². The van der Waals surface area contributed by atoms with Gasteiger partial charge in [0.05, 0.1) is 27.9 Å². The number of hydrazone groups is 1. The maximum Gasteiger partial charge on any atom is 0.262 e. The van der Waals surface area contributed by atoms with Crippen molar-refractivity contribution in [1.82, 2.24) is 15.3 Å². The highest BCUT2D eigenvalue weighted by Gasteiger charge is 2.25. The number of para-hydroxylation sites is 1. The Morgan fingerprint density at radius 1 is 1.05 bits per heavy atom. The standard InChI is InChI=1S/C30H27Cl2N5O2/c1-18(2)28(35-29(38)20-12-13-25(31)26(32)14-20)30(39)36-34-16-24-19(3)37(27-11-7-6-10-23(24)27)17-22-9-5-4-8-21(22)15-33/h4-14,16,18,28H,17H2,1-3H3,(H,35,38)(H,36,39). The van der Waals surface area contributed by atoms with Crippen LogP contribution in [-0.2, 0) is 11.3 Å². The average Bonchev–Trinajstić information content (AvgIpc) is 3.19. The molecule has 0 aliphatic heterocycles. The number of fused-ring (bicyclic) bond motifs is 1. The minimum absolute atomic E-state index is 0.198. The Hall–Kier alpha value is -4.12. The van der Waals surface area contributed by atoms with Gasteiger partial charge in [0.1, 0.15) is 6.04 Å². The van der Waals surface area contributed by atoms with Gasteiger partial charge in [-0.1, -0.05) is 73.4 Å². The second-order valence-electron chi connectivity index (χ2n) is 9.43. The summed E-state index contributed by atoms with van der Waals surface area (Å²) in [7, 11) is 0. The summed E-state index contributed by atoms with van der Waals surface area (Å²) < 4.78 is 2.13. The lowest BCUT2D eigenvalue weighted by molar-refractivity contribution is -0.123. The molecule has 1 heterocycles. The van der Waals surface area contributed by atoms with Crippen LogP contribution in [-0.4, -0.2) is 28.6 Å². The number of hydrogen-bond donors (Lipinski definition) is 2. The zero-order valence-corrected chi connectivity index (χ0v) is 23.2. The first-order valence-electron chi connectivity index (χ1n) is 12.4. The van der Waals surface area contributed by atoms with Crippen LogP contribution >= 0.6 is 23.2 Å². The Labute approximate surface area is 237 Å². The van der Waals surface area contributed by atoms with Gasteiger partial charge in [-0.3, -0.25) is 9.59 Å². The van der Waals surface area contributed by atoms with E-state index in [9.17, 15) is 14.9 Å². The summed E-state index contributed by atoms with van der Waals surface area (Å²) in [5, 5.41) is 18.1. The van der Waals surface area contributed by atoms with Gasteiger partial charge in [0.2, 0.25) is 0 Å². The van der Waals surface area contributed by atoms with Crippen molar-refractivity contribution in [2.75, 3.05) is 0 Å². The molecule has 0 saturated carbocycles. The molecule has 2 N–H and O–H groups in total. The van der Waals surface area contributed by atoms with E-state index in [-0.39, 0.29) is 10.9 Å². The zero-order valence-electron chi connectivity index (χ0n) is 21.7. The summed E-state index contributed by atoms with van der Waals surface area (Å²) >= 11 is 12.0. The number of halogens is 2.